The van der Waals surface area contributed by atoms with Gasteiger partial charge in [-0.1, -0.05) is 6.07 Å². The van der Waals surface area contributed by atoms with Crippen LogP contribution < -0.4 is 0 Å². The number of benzene rings is 1. The van der Waals surface area contributed by atoms with Gasteiger partial charge in [0.15, 0.2) is 0 Å². The molecule has 0 radical (unpaired) electrons. The van der Waals surface area contributed by atoms with Gasteiger partial charge in [-0.15, -0.1) is 11.3 Å². The Hall–Kier alpha value is -1.91. The van der Waals surface area contributed by atoms with Crippen molar-refractivity contribution >= 4 is 27.3 Å². The summed E-state index contributed by atoms with van der Waals surface area (Å²) in [6, 6.07) is 5.81. The van der Waals surface area contributed by atoms with Crippen LogP contribution in [0.1, 0.15) is 9.67 Å². The summed E-state index contributed by atoms with van der Waals surface area (Å²) in [6.07, 6.45) is 0. The molecule has 6 heteroatoms. The zero-order valence-electron chi connectivity index (χ0n) is 7.35. The van der Waals surface area contributed by atoms with Crippen LogP contribution in [-0.2, 0) is 0 Å². The molecule has 74 valence electrons. The normalized spacial score (nSPS) is 9.93. The van der Waals surface area contributed by atoms with Crippen molar-refractivity contribution in [2.75, 3.05) is 0 Å². The van der Waals surface area contributed by atoms with Crippen LogP contribution in [-0.4, -0.2) is 5.91 Å². The van der Waals surface area contributed by atoms with Crippen LogP contribution in [0.4, 0.5) is 4.39 Å². The molecule has 4 nitrogen and oxygen atoms in total. The summed E-state index contributed by atoms with van der Waals surface area (Å²) in [5.74, 6) is -0.994. The van der Waals surface area contributed by atoms with Gasteiger partial charge >= 0.3 is 0 Å². The average Bonchev–Trinajstić information content (AvgIpc) is 2.60. The molecular weight excluding hydrogens is 217 g/mol. The predicted molar refractivity (Wildman–Crippen MR) is 55.3 cm³/mol. The van der Waals surface area contributed by atoms with E-state index in [0.29, 0.717) is 9.58 Å². The number of hydrogen-bond donors (Lipinski definition) is 0. The number of amides is 1. The summed E-state index contributed by atoms with van der Waals surface area (Å²) in [5.41, 5.74) is 8.10. The molecule has 0 bridgehead atoms. The molecule has 1 heterocycles. The highest BCUT2D eigenvalue weighted by Gasteiger charge is 2.08. The van der Waals surface area contributed by atoms with Gasteiger partial charge < -0.3 is 0 Å². The van der Waals surface area contributed by atoms with Gasteiger partial charge in [0.1, 0.15) is 5.82 Å². The molecule has 0 atom stereocenters. The number of rotatable bonds is 1. The van der Waals surface area contributed by atoms with Gasteiger partial charge in [-0.3, -0.25) is 4.79 Å². The Morgan fingerprint density at radius 3 is 3.00 bits per heavy atom. The van der Waals surface area contributed by atoms with Crippen molar-refractivity contribution in [3.8, 4) is 0 Å². The van der Waals surface area contributed by atoms with E-state index < -0.39 is 5.91 Å². The number of nitrogens with zero attached hydrogens (tertiary/aromatic N) is 3. The van der Waals surface area contributed by atoms with Gasteiger partial charge in [0.25, 0.3) is 5.91 Å². The third kappa shape index (κ3) is 1.81. The number of hydrogen-bond acceptors (Lipinski definition) is 2. The van der Waals surface area contributed by atoms with Crippen molar-refractivity contribution in [2.45, 2.75) is 0 Å². The lowest BCUT2D eigenvalue weighted by Gasteiger charge is -1.86. The molecule has 0 unspecified atom stereocenters. The third-order valence-electron chi connectivity index (χ3n) is 1.83. The van der Waals surface area contributed by atoms with Gasteiger partial charge in [-0.05, 0) is 34.2 Å². The van der Waals surface area contributed by atoms with Crippen LogP contribution in [0.25, 0.3) is 20.5 Å². The Labute approximate surface area is 87.6 Å². The molecule has 0 aliphatic heterocycles. The Morgan fingerprint density at radius 2 is 2.27 bits per heavy atom. The maximum Gasteiger partial charge on any atom is 0.259 e. The first-order valence-corrected chi connectivity index (χ1v) is 4.81. The second-order valence-corrected chi connectivity index (χ2v) is 3.87. The first-order valence-electron chi connectivity index (χ1n) is 3.99. The Kier molecular flexibility index (Phi) is 2.37. The lowest BCUT2D eigenvalue weighted by atomic mass is 10.2. The lowest BCUT2D eigenvalue weighted by molar-refractivity contribution is 0.100. The second kappa shape index (κ2) is 3.68. The Balaban J connectivity index is 2.56. The van der Waals surface area contributed by atoms with E-state index in [2.05, 4.69) is 10.0 Å². The molecule has 0 aliphatic carbocycles. The average molecular weight is 221 g/mol. The predicted octanol–water partition coefficient (Wildman–Crippen LogP) is 3.49. The standard InChI is InChI=1S/C9H4FN3OS/c10-6-2-1-5-3-8(9(14)12-13-11)15-7(5)4-6/h1-4H. The number of carbonyl (C=O) groups excluding carboxylic acids is 1. The van der Waals surface area contributed by atoms with E-state index in [4.69, 9.17) is 5.53 Å². The Bertz CT molecular complexity index is 586. The summed E-state index contributed by atoms with van der Waals surface area (Å²) in [6.45, 7) is 0. The zero-order valence-corrected chi connectivity index (χ0v) is 8.16. The van der Waals surface area contributed by atoms with E-state index in [1.807, 2.05) is 0 Å². The summed E-state index contributed by atoms with van der Waals surface area (Å²) in [5, 5.41) is 3.73. The summed E-state index contributed by atoms with van der Waals surface area (Å²) in [4.78, 5) is 13.9. The summed E-state index contributed by atoms with van der Waals surface area (Å²) < 4.78 is 13.5. The number of halogens is 1. The topological polar surface area (TPSA) is 65.8 Å². The summed E-state index contributed by atoms with van der Waals surface area (Å²) in [7, 11) is 0. The third-order valence-corrected chi connectivity index (χ3v) is 2.91. The maximum absolute atomic E-state index is 12.8. The zero-order chi connectivity index (χ0) is 10.8. The SMILES string of the molecule is [N-]=[N+]=NC(=O)c1cc2ccc(F)cc2s1. The van der Waals surface area contributed by atoms with Gasteiger partial charge in [0, 0.05) is 9.61 Å². The van der Waals surface area contributed by atoms with E-state index in [0.717, 1.165) is 16.7 Å². The minimum atomic E-state index is -0.640. The first kappa shape index (κ1) is 9.64. The fourth-order valence-electron chi connectivity index (χ4n) is 1.20. The smallest absolute Gasteiger partial charge is 0.259 e. The molecule has 0 saturated heterocycles. The fraction of sp³-hybridized carbons (Fsp3) is 0. The minimum Gasteiger partial charge on any atom is -0.286 e. The van der Waals surface area contributed by atoms with Crippen LogP contribution in [0.2, 0.25) is 0 Å². The number of carbonyl (C=O) groups is 1. The fourth-order valence-corrected chi connectivity index (χ4v) is 2.17. The number of azide groups is 1. The molecule has 0 aliphatic rings. The van der Waals surface area contributed by atoms with Crippen molar-refractivity contribution in [3.63, 3.8) is 0 Å². The van der Waals surface area contributed by atoms with E-state index in [1.165, 1.54) is 12.1 Å². The van der Waals surface area contributed by atoms with Crippen molar-refractivity contribution in [1.29, 1.82) is 0 Å². The van der Waals surface area contributed by atoms with Crippen LogP contribution in [0.3, 0.4) is 0 Å². The summed E-state index contributed by atoms with van der Waals surface area (Å²) >= 11 is 1.11. The molecule has 0 N–H and O–H groups in total. The molecule has 15 heavy (non-hydrogen) atoms. The van der Waals surface area contributed by atoms with Gasteiger partial charge in [0.05, 0.1) is 4.88 Å². The molecule has 2 rings (SSSR count). The lowest BCUT2D eigenvalue weighted by Crippen LogP contribution is -1.86. The minimum absolute atomic E-state index is 0.313. The molecule has 0 saturated carbocycles. The van der Waals surface area contributed by atoms with Crippen molar-refractivity contribution in [2.24, 2.45) is 5.11 Å². The molecule has 1 amide bonds. The molecular formula is C9H4FN3OS. The second-order valence-electron chi connectivity index (χ2n) is 2.79. The van der Waals surface area contributed by atoms with Crippen molar-refractivity contribution in [1.82, 2.24) is 0 Å². The number of fused-ring (bicyclic) bond motifs is 1. The number of thiophene rings is 1. The van der Waals surface area contributed by atoms with E-state index >= 15 is 0 Å². The van der Waals surface area contributed by atoms with Crippen molar-refractivity contribution in [3.05, 3.63) is 45.4 Å². The van der Waals surface area contributed by atoms with Crippen LogP contribution in [0.5, 0.6) is 0 Å². The molecule has 0 fully saturated rings. The first-order chi connectivity index (χ1) is 7.20. The Morgan fingerprint density at radius 1 is 1.47 bits per heavy atom. The highest BCUT2D eigenvalue weighted by atomic mass is 32.1. The highest BCUT2D eigenvalue weighted by Crippen LogP contribution is 2.26. The van der Waals surface area contributed by atoms with Crippen molar-refractivity contribution < 1.29 is 9.18 Å². The van der Waals surface area contributed by atoms with Crippen LogP contribution in [0.15, 0.2) is 29.4 Å². The van der Waals surface area contributed by atoms with Gasteiger partial charge in [-0.2, -0.15) is 0 Å². The monoisotopic (exact) mass is 221 g/mol. The van der Waals surface area contributed by atoms with E-state index in [9.17, 15) is 9.18 Å². The molecule has 1 aromatic heterocycles. The molecule has 0 spiro atoms. The highest BCUT2D eigenvalue weighted by molar-refractivity contribution is 7.20. The molecule has 1 aromatic carbocycles. The van der Waals surface area contributed by atoms with Gasteiger partial charge in [-0.25, -0.2) is 4.39 Å². The van der Waals surface area contributed by atoms with E-state index in [-0.39, 0.29) is 5.82 Å². The molecule has 2 aromatic rings. The van der Waals surface area contributed by atoms with Gasteiger partial charge in [0.2, 0.25) is 0 Å². The van der Waals surface area contributed by atoms with E-state index in [1.54, 1.807) is 12.1 Å². The largest absolute Gasteiger partial charge is 0.286 e. The maximum atomic E-state index is 12.8. The quantitative estimate of drug-likeness (QED) is 0.413. The van der Waals surface area contributed by atoms with Crippen LogP contribution >= 0.6 is 11.3 Å². The van der Waals surface area contributed by atoms with Crippen LogP contribution in [0, 0.1) is 5.82 Å².